The molecule has 2 heterocycles. The van der Waals surface area contributed by atoms with Crippen LogP contribution in [0.3, 0.4) is 0 Å². The van der Waals surface area contributed by atoms with Crippen LogP contribution in [0.1, 0.15) is 19.8 Å². The van der Waals surface area contributed by atoms with E-state index in [1.165, 1.54) is 36.2 Å². The summed E-state index contributed by atoms with van der Waals surface area (Å²) in [5.74, 6) is 0.0671. The summed E-state index contributed by atoms with van der Waals surface area (Å²) < 4.78 is 39.3. The van der Waals surface area contributed by atoms with Crippen molar-refractivity contribution in [2.24, 2.45) is 0 Å². The predicted octanol–water partition coefficient (Wildman–Crippen LogP) is 2.24. The Morgan fingerprint density at radius 2 is 1.80 bits per heavy atom. The molecule has 3 rings (SSSR count). The number of hydrogen-bond donors (Lipinski definition) is 0. The van der Waals surface area contributed by atoms with E-state index in [1.54, 1.807) is 17.3 Å². The Bertz CT molecular complexity index is 684. The number of hydrogen-bond acceptors (Lipinski definition) is 3. The van der Waals surface area contributed by atoms with Crippen LogP contribution >= 0.6 is 0 Å². The van der Waals surface area contributed by atoms with Gasteiger partial charge in [-0.25, -0.2) is 12.8 Å². The minimum atomic E-state index is -3.06. The van der Waals surface area contributed by atoms with Gasteiger partial charge in [0.25, 0.3) is 0 Å². The number of nitrogens with zero attached hydrogens (tertiary/aromatic N) is 2. The maximum Gasteiger partial charge on any atom is 0.213 e. The molecule has 0 N–H and O–H groups in total. The molecule has 25 heavy (non-hydrogen) atoms. The van der Waals surface area contributed by atoms with Gasteiger partial charge in [0.1, 0.15) is 5.82 Å². The highest BCUT2D eigenvalue weighted by atomic mass is 32.2. The van der Waals surface area contributed by atoms with Gasteiger partial charge in [-0.15, -0.1) is 0 Å². The van der Waals surface area contributed by atoms with E-state index in [-0.39, 0.29) is 11.6 Å². The molecule has 2 aliphatic rings. The number of benzene rings is 1. The van der Waals surface area contributed by atoms with E-state index >= 15 is 0 Å². The standard InChI is InChI=1S/C18H29FN2O2SSi/c1-2-24(22,23)21-10-8-20(9-11-21)12-15-25(13-3-4-14-25)18-7-5-6-17(19)16-18/h5-7,16H,2-4,8-15H2,1H3. The molecule has 0 bridgehead atoms. The Kier molecular flexibility index (Phi) is 5.98. The number of sulfonamides is 1. The van der Waals surface area contributed by atoms with Gasteiger partial charge in [-0.1, -0.05) is 42.2 Å². The maximum atomic E-state index is 13.7. The number of piperazine rings is 1. The fourth-order valence-electron chi connectivity index (χ4n) is 4.34. The van der Waals surface area contributed by atoms with Crippen molar-refractivity contribution in [3.63, 3.8) is 0 Å². The van der Waals surface area contributed by atoms with Gasteiger partial charge in [0.15, 0.2) is 0 Å². The minimum Gasteiger partial charge on any atom is -0.301 e. The summed E-state index contributed by atoms with van der Waals surface area (Å²) in [4.78, 5) is 2.40. The first-order chi connectivity index (χ1) is 12.0. The van der Waals surface area contributed by atoms with Crippen LogP contribution in [0.15, 0.2) is 24.3 Å². The van der Waals surface area contributed by atoms with Crippen LogP contribution in [0.5, 0.6) is 0 Å². The minimum absolute atomic E-state index is 0.116. The molecule has 0 aromatic heterocycles. The molecule has 140 valence electrons. The van der Waals surface area contributed by atoms with E-state index in [4.69, 9.17) is 0 Å². The van der Waals surface area contributed by atoms with Gasteiger partial charge >= 0.3 is 0 Å². The molecular formula is C18H29FN2O2SSi. The van der Waals surface area contributed by atoms with Crippen molar-refractivity contribution in [3.05, 3.63) is 30.1 Å². The normalized spacial score (nSPS) is 22.3. The molecular weight excluding hydrogens is 355 g/mol. The highest BCUT2D eigenvalue weighted by Gasteiger charge is 2.38. The molecule has 2 aliphatic heterocycles. The second-order valence-corrected chi connectivity index (χ2v) is 14.3. The Balaban J connectivity index is 1.60. The first kappa shape index (κ1) is 19.0. The third kappa shape index (κ3) is 4.32. The van der Waals surface area contributed by atoms with Gasteiger partial charge in [-0.2, -0.15) is 4.31 Å². The lowest BCUT2D eigenvalue weighted by Gasteiger charge is -2.36. The molecule has 0 atom stereocenters. The molecule has 0 spiro atoms. The molecule has 1 aromatic carbocycles. The lowest BCUT2D eigenvalue weighted by molar-refractivity contribution is 0.196. The quantitative estimate of drug-likeness (QED) is 0.707. The van der Waals surface area contributed by atoms with E-state index in [9.17, 15) is 12.8 Å². The molecule has 4 nitrogen and oxygen atoms in total. The first-order valence-electron chi connectivity index (χ1n) is 9.41. The fourth-order valence-corrected chi connectivity index (χ4v) is 10.5. The molecule has 0 radical (unpaired) electrons. The van der Waals surface area contributed by atoms with Gasteiger partial charge in [0.2, 0.25) is 10.0 Å². The van der Waals surface area contributed by atoms with Gasteiger partial charge in [-0.05, 0) is 31.6 Å². The van der Waals surface area contributed by atoms with Crippen molar-refractivity contribution in [1.29, 1.82) is 0 Å². The van der Waals surface area contributed by atoms with Gasteiger partial charge in [0, 0.05) is 26.2 Å². The molecule has 7 heteroatoms. The van der Waals surface area contributed by atoms with Crippen molar-refractivity contribution < 1.29 is 12.8 Å². The highest BCUT2D eigenvalue weighted by Crippen LogP contribution is 2.33. The van der Waals surface area contributed by atoms with Crippen LogP contribution in [0, 0.1) is 5.82 Å². The summed E-state index contributed by atoms with van der Waals surface area (Å²) in [5, 5.41) is 1.28. The Hall–Kier alpha value is -0.763. The fraction of sp³-hybridized carbons (Fsp3) is 0.667. The number of halogens is 1. The van der Waals surface area contributed by atoms with Crippen molar-refractivity contribution in [2.45, 2.75) is 37.9 Å². The van der Waals surface area contributed by atoms with E-state index < -0.39 is 18.1 Å². The lowest BCUT2D eigenvalue weighted by atomic mass is 10.3. The topological polar surface area (TPSA) is 40.6 Å². The summed E-state index contributed by atoms with van der Waals surface area (Å²) in [6, 6.07) is 11.0. The van der Waals surface area contributed by atoms with Gasteiger partial charge in [0.05, 0.1) is 13.8 Å². The summed E-state index contributed by atoms with van der Waals surface area (Å²) in [6.07, 6.45) is 2.54. The van der Waals surface area contributed by atoms with Crippen LogP contribution < -0.4 is 5.19 Å². The third-order valence-electron chi connectivity index (χ3n) is 5.99. The van der Waals surface area contributed by atoms with Crippen LogP contribution in [-0.4, -0.2) is 64.2 Å². The largest absolute Gasteiger partial charge is 0.301 e. The van der Waals surface area contributed by atoms with E-state index in [2.05, 4.69) is 11.0 Å². The van der Waals surface area contributed by atoms with Crippen LogP contribution in [0.2, 0.25) is 18.1 Å². The summed E-state index contributed by atoms with van der Waals surface area (Å²) in [7, 11) is -4.66. The monoisotopic (exact) mass is 384 g/mol. The molecule has 0 saturated carbocycles. The first-order valence-corrected chi connectivity index (χ1v) is 13.6. The average molecular weight is 385 g/mol. The Labute approximate surface area is 152 Å². The van der Waals surface area contributed by atoms with E-state index in [1.807, 2.05) is 6.07 Å². The maximum absolute atomic E-state index is 13.7. The zero-order valence-electron chi connectivity index (χ0n) is 15.1. The SMILES string of the molecule is CCS(=O)(=O)N1CCN(CC[Si]2(c3cccc(F)c3)CCCC2)CC1. The average Bonchev–Trinajstić information content (AvgIpc) is 3.11. The van der Waals surface area contributed by atoms with Gasteiger partial charge in [-0.3, -0.25) is 0 Å². The third-order valence-corrected chi connectivity index (χ3v) is 13.2. The highest BCUT2D eigenvalue weighted by molar-refractivity contribution is 7.89. The molecule has 1 aromatic rings. The predicted molar refractivity (Wildman–Crippen MR) is 103 cm³/mol. The lowest BCUT2D eigenvalue weighted by Crippen LogP contribution is -2.52. The molecule has 2 fully saturated rings. The smallest absolute Gasteiger partial charge is 0.213 e. The van der Waals surface area contributed by atoms with Crippen LogP contribution in [0.25, 0.3) is 0 Å². The van der Waals surface area contributed by atoms with Gasteiger partial charge < -0.3 is 4.90 Å². The molecule has 0 unspecified atom stereocenters. The van der Waals surface area contributed by atoms with E-state index in [0.29, 0.717) is 13.1 Å². The second-order valence-electron chi connectivity index (χ2n) is 7.39. The summed E-state index contributed by atoms with van der Waals surface area (Å²) in [6.45, 7) is 5.55. The molecule has 0 amide bonds. The van der Waals surface area contributed by atoms with Crippen molar-refractivity contribution in [1.82, 2.24) is 9.21 Å². The zero-order chi connectivity index (χ0) is 17.9. The van der Waals surface area contributed by atoms with E-state index in [0.717, 1.165) is 25.7 Å². The second kappa shape index (κ2) is 7.86. The molecule has 2 saturated heterocycles. The van der Waals surface area contributed by atoms with Crippen LogP contribution in [0.4, 0.5) is 4.39 Å². The Morgan fingerprint density at radius 3 is 2.40 bits per heavy atom. The van der Waals surface area contributed by atoms with Crippen molar-refractivity contribution in [2.75, 3.05) is 38.5 Å². The molecule has 0 aliphatic carbocycles. The van der Waals surface area contributed by atoms with Crippen molar-refractivity contribution in [3.8, 4) is 0 Å². The van der Waals surface area contributed by atoms with Crippen LogP contribution in [-0.2, 0) is 10.0 Å². The number of rotatable bonds is 6. The summed E-state index contributed by atoms with van der Waals surface area (Å²) in [5.41, 5.74) is 0. The summed E-state index contributed by atoms with van der Waals surface area (Å²) >= 11 is 0. The Morgan fingerprint density at radius 1 is 1.12 bits per heavy atom. The van der Waals surface area contributed by atoms with Crippen molar-refractivity contribution >= 4 is 23.3 Å². The zero-order valence-corrected chi connectivity index (χ0v) is 16.9.